The second kappa shape index (κ2) is 9.38. The Bertz CT molecular complexity index is 794. The molecule has 0 aliphatic heterocycles. The Morgan fingerprint density at radius 3 is 2.60 bits per heavy atom. The maximum absolute atomic E-state index is 11.9. The van der Waals surface area contributed by atoms with Crippen molar-refractivity contribution in [3.63, 3.8) is 0 Å². The summed E-state index contributed by atoms with van der Waals surface area (Å²) in [4.78, 5) is 23.6. The normalized spacial score (nSPS) is 10.5. The first kappa shape index (κ1) is 19.2. The van der Waals surface area contributed by atoms with E-state index in [-0.39, 0.29) is 12.5 Å². The zero-order chi connectivity index (χ0) is 18.2. The van der Waals surface area contributed by atoms with Gasteiger partial charge >= 0.3 is 0 Å². The summed E-state index contributed by atoms with van der Waals surface area (Å²) in [6.07, 6.45) is 1.51. The number of carbonyl (C=O) groups is 2. The second-order valence-corrected chi connectivity index (χ2v) is 6.48. The van der Waals surface area contributed by atoms with Crippen molar-refractivity contribution in [2.45, 2.75) is 0 Å². The number of hydrazone groups is 1. The minimum atomic E-state index is -0.429. The molecule has 6 nitrogen and oxygen atoms in total. The summed E-state index contributed by atoms with van der Waals surface area (Å²) in [5.41, 5.74) is 3.60. The molecule has 2 rings (SSSR count). The van der Waals surface area contributed by atoms with Crippen LogP contribution in [0.3, 0.4) is 0 Å². The van der Waals surface area contributed by atoms with E-state index >= 15 is 0 Å². The lowest BCUT2D eigenvalue weighted by Crippen LogP contribution is -2.34. The van der Waals surface area contributed by atoms with Crippen molar-refractivity contribution in [3.8, 4) is 5.75 Å². The molecule has 0 spiro atoms. The Morgan fingerprint density at radius 2 is 1.96 bits per heavy atom. The minimum Gasteiger partial charge on any atom is -0.496 e. The van der Waals surface area contributed by atoms with Crippen LogP contribution in [0.1, 0.15) is 15.9 Å². The zero-order valence-electron chi connectivity index (χ0n) is 13.3. The third-order valence-electron chi connectivity index (χ3n) is 3.09. The number of carbonyl (C=O) groups excluding carboxylic acids is 2. The molecule has 8 heteroatoms. The lowest BCUT2D eigenvalue weighted by Gasteiger charge is -2.05. The van der Waals surface area contributed by atoms with Gasteiger partial charge in [-0.25, -0.2) is 5.43 Å². The number of halogens is 2. The van der Waals surface area contributed by atoms with Crippen LogP contribution >= 0.6 is 34.2 Å². The van der Waals surface area contributed by atoms with Crippen molar-refractivity contribution in [1.82, 2.24) is 10.7 Å². The monoisotopic (exact) mass is 471 g/mol. The predicted octanol–water partition coefficient (Wildman–Crippen LogP) is 2.83. The summed E-state index contributed by atoms with van der Waals surface area (Å²) in [6.45, 7) is -0.182. The fraction of sp³-hybridized carbons (Fsp3) is 0.118. The van der Waals surface area contributed by atoms with Gasteiger partial charge in [0.05, 0.1) is 23.4 Å². The average molecular weight is 472 g/mol. The van der Waals surface area contributed by atoms with Crippen LogP contribution in [0.5, 0.6) is 5.75 Å². The highest BCUT2D eigenvalue weighted by Gasteiger charge is 2.07. The van der Waals surface area contributed by atoms with E-state index < -0.39 is 5.91 Å². The molecule has 0 heterocycles. The van der Waals surface area contributed by atoms with Gasteiger partial charge in [-0.3, -0.25) is 9.59 Å². The van der Waals surface area contributed by atoms with Crippen molar-refractivity contribution in [3.05, 3.63) is 62.2 Å². The molecule has 0 bridgehead atoms. The summed E-state index contributed by atoms with van der Waals surface area (Å²) in [5, 5.41) is 6.91. The molecule has 0 fully saturated rings. The van der Waals surface area contributed by atoms with Crippen molar-refractivity contribution in [2.24, 2.45) is 5.10 Å². The molecule has 130 valence electrons. The summed E-state index contributed by atoms with van der Waals surface area (Å²) >= 11 is 7.91. The van der Waals surface area contributed by atoms with E-state index in [4.69, 9.17) is 16.3 Å². The second-order valence-electron chi connectivity index (χ2n) is 4.88. The van der Waals surface area contributed by atoms with E-state index in [1.807, 2.05) is 18.2 Å². The fourth-order valence-corrected chi connectivity index (χ4v) is 2.73. The molecule has 2 amide bonds. The Kier molecular flexibility index (Phi) is 7.20. The number of hydrogen-bond donors (Lipinski definition) is 2. The fourth-order valence-electron chi connectivity index (χ4n) is 1.85. The molecule has 25 heavy (non-hydrogen) atoms. The number of benzene rings is 2. The Morgan fingerprint density at radius 1 is 1.24 bits per heavy atom. The van der Waals surface area contributed by atoms with E-state index in [9.17, 15) is 9.59 Å². The lowest BCUT2D eigenvalue weighted by atomic mass is 10.2. The van der Waals surface area contributed by atoms with Crippen LogP contribution in [-0.4, -0.2) is 31.7 Å². The van der Waals surface area contributed by atoms with Gasteiger partial charge in [0.15, 0.2) is 0 Å². The molecule has 0 aliphatic rings. The zero-order valence-corrected chi connectivity index (χ0v) is 16.2. The summed E-state index contributed by atoms with van der Waals surface area (Å²) in [5.74, 6) is -0.0195. The molecule has 0 saturated heterocycles. The number of ether oxygens (including phenoxy) is 1. The molecule has 0 aliphatic carbocycles. The van der Waals surface area contributed by atoms with Gasteiger partial charge in [-0.15, -0.1) is 0 Å². The van der Waals surface area contributed by atoms with Gasteiger partial charge in [0, 0.05) is 10.6 Å². The van der Waals surface area contributed by atoms with Gasteiger partial charge in [0.25, 0.3) is 11.8 Å². The molecule has 0 saturated carbocycles. The highest BCUT2D eigenvalue weighted by molar-refractivity contribution is 14.1. The minimum absolute atomic E-state index is 0.182. The molecular formula is C17H15ClIN3O3. The smallest absolute Gasteiger partial charge is 0.259 e. The maximum atomic E-state index is 11.9. The number of rotatable bonds is 6. The van der Waals surface area contributed by atoms with E-state index in [0.29, 0.717) is 10.6 Å². The van der Waals surface area contributed by atoms with Crippen molar-refractivity contribution in [2.75, 3.05) is 13.7 Å². The predicted molar refractivity (Wildman–Crippen MR) is 105 cm³/mol. The Labute approximate surface area is 163 Å². The molecule has 2 aromatic rings. The number of hydrogen-bond acceptors (Lipinski definition) is 4. The van der Waals surface area contributed by atoms with Crippen LogP contribution in [0, 0.1) is 3.57 Å². The SMILES string of the molecule is COc1ccc(C=NNC(=O)CNC(=O)c2ccc(Cl)cc2)cc1I. The third-order valence-corrected chi connectivity index (χ3v) is 4.19. The molecule has 0 aromatic heterocycles. The summed E-state index contributed by atoms with van der Waals surface area (Å²) < 4.78 is 6.11. The van der Waals surface area contributed by atoms with Gasteiger partial charge in [0.2, 0.25) is 0 Å². The maximum Gasteiger partial charge on any atom is 0.259 e. The number of amides is 2. The van der Waals surface area contributed by atoms with Gasteiger partial charge in [-0.1, -0.05) is 11.6 Å². The van der Waals surface area contributed by atoms with Crippen LogP contribution in [0.25, 0.3) is 0 Å². The van der Waals surface area contributed by atoms with E-state index in [0.717, 1.165) is 14.9 Å². The van der Waals surface area contributed by atoms with Gasteiger partial charge in [-0.05, 0) is 70.6 Å². The van der Waals surface area contributed by atoms with Gasteiger partial charge < -0.3 is 10.1 Å². The van der Waals surface area contributed by atoms with Crippen LogP contribution in [0.4, 0.5) is 0 Å². The molecule has 0 unspecified atom stereocenters. The number of methoxy groups -OCH3 is 1. The Hall–Kier alpha value is -2.13. The van der Waals surface area contributed by atoms with Crippen molar-refractivity contribution in [1.29, 1.82) is 0 Å². The average Bonchev–Trinajstić information content (AvgIpc) is 2.60. The third kappa shape index (κ3) is 6.02. The summed E-state index contributed by atoms with van der Waals surface area (Å²) in [7, 11) is 1.60. The molecule has 0 radical (unpaired) electrons. The molecule has 0 atom stereocenters. The first-order valence-electron chi connectivity index (χ1n) is 7.19. The first-order chi connectivity index (χ1) is 12.0. The topological polar surface area (TPSA) is 79.8 Å². The van der Waals surface area contributed by atoms with Gasteiger partial charge in [0.1, 0.15) is 5.75 Å². The van der Waals surface area contributed by atoms with Crippen LogP contribution in [-0.2, 0) is 4.79 Å². The number of nitrogens with one attached hydrogen (secondary N) is 2. The number of nitrogens with zero attached hydrogens (tertiary/aromatic N) is 1. The van der Waals surface area contributed by atoms with Gasteiger partial charge in [-0.2, -0.15) is 5.10 Å². The molecule has 2 aromatic carbocycles. The van der Waals surface area contributed by atoms with Crippen molar-refractivity contribution < 1.29 is 14.3 Å². The standard InChI is InChI=1S/C17H15ClIN3O3/c1-25-15-7-2-11(8-14(15)19)9-21-22-16(23)10-20-17(24)12-3-5-13(18)6-4-12/h2-9H,10H2,1H3,(H,20,24)(H,22,23). The molecular weight excluding hydrogens is 457 g/mol. The Balaban J connectivity index is 1.81. The largest absolute Gasteiger partial charge is 0.496 e. The lowest BCUT2D eigenvalue weighted by molar-refractivity contribution is -0.120. The van der Waals surface area contributed by atoms with Crippen LogP contribution < -0.4 is 15.5 Å². The van der Waals surface area contributed by atoms with E-state index in [1.165, 1.54) is 6.21 Å². The van der Waals surface area contributed by atoms with E-state index in [1.54, 1.807) is 31.4 Å². The molecule has 2 N–H and O–H groups in total. The first-order valence-corrected chi connectivity index (χ1v) is 8.64. The highest BCUT2D eigenvalue weighted by atomic mass is 127. The van der Waals surface area contributed by atoms with Crippen molar-refractivity contribution >= 4 is 52.2 Å². The van der Waals surface area contributed by atoms with E-state index in [2.05, 4.69) is 38.4 Å². The quantitative estimate of drug-likeness (QED) is 0.386. The van der Waals surface area contributed by atoms with Crippen LogP contribution in [0.2, 0.25) is 5.02 Å². The highest BCUT2D eigenvalue weighted by Crippen LogP contribution is 2.20. The summed E-state index contributed by atoms with van der Waals surface area (Å²) in [6, 6.07) is 11.9. The van der Waals surface area contributed by atoms with Crippen LogP contribution in [0.15, 0.2) is 47.6 Å².